The van der Waals surface area contributed by atoms with Gasteiger partial charge in [0.25, 0.3) is 0 Å². The summed E-state index contributed by atoms with van der Waals surface area (Å²) in [6.07, 6.45) is 5.36. The summed E-state index contributed by atoms with van der Waals surface area (Å²) in [6.45, 7) is 1.97. The molecule has 2 aliphatic heterocycles. The van der Waals surface area contributed by atoms with Crippen LogP contribution in [0.3, 0.4) is 0 Å². The van der Waals surface area contributed by atoms with E-state index in [4.69, 9.17) is 4.74 Å². The molecule has 5 rings (SSSR count). The molecule has 5 nitrogen and oxygen atoms in total. The highest BCUT2D eigenvalue weighted by Gasteiger charge is 2.25. The third-order valence-corrected chi connectivity index (χ3v) is 6.72. The predicted octanol–water partition coefficient (Wildman–Crippen LogP) is 4.16. The van der Waals surface area contributed by atoms with Gasteiger partial charge in [-0.2, -0.15) is 0 Å². The van der Waals surface area contributed by atoms with E-state index in [0.29, 0.717) is 36.5 Å². The van der Waals surface area contributed by atoms with Gasteiger partial charge in [-0.15, -0.1) is 0 Å². The molecule has 30 heavy (non-hydrogen) atoms. The number of piperidine rings is 1. The van der Waals surface area contributed by atoms with E-state index < -0.39 is 0 Å². The van der Waals surface area contributed by atoms with Gasteiger partial charge in [-0.25, -0.2) is 0 Å². The van der Waals surface area contributed by atoms with Crippen molar-refractivity contribution < 1.29 is 19.1 Å². The zero-order chi connectivity index (χ0) is 20.7. The fraction of sp³-hybridized carbons (Fsp3) is 0.400. The molecule has 2 heterocycles. The van der Waals surface area contributed by atoms with Crippen molar-refractivity contribution >= 4 is 23.2 Å². The highest BCUT2D eigenvalue weighted by Crippen LogP contribution is 2.31. The summed E-state index contributed by atoms with van der Waals surface area (Å²) in [5, 5.41) is 0. The normalized spacial score (nSPS) is 18.3. The first-order valence-electron chi connectivity index (χ1n) is 10.8. The number of fused-ring (bicyclic) bond motifs is 2. The van der Waals surface area contributed by atoms with Crippen molar-refractivity contribution in [3.63, 3.8) is 0 Å². The molecule has 2 aromatic rings. The minimum atomic E-state index is -0.253. The van der Waals surface area contributed by atoms with Gasteiger partial charge in [0.05, 0.1) is 6.42 Å². The predicted molar refractivity (Wildman–Crippen MR) is 113 cm³/mol. The van der Waals surface area contributed by atoms with E-state index in [1.54, 1.807) is 6.07 Å². The third-order valence-electron chi connectivity index (χ3n) is 6.72. The largest absolute Gasteiger partial charge is 0.426 e. The Morgan fingerprint density at radius 2 is 1.83 bits per heavy atom. The number of esters is 1. The van der Waals surface area contributed by atoms with Gasteiger partial charge in [-0.1, -0.05) is 12.1 Å². The van der Waals surface area contributed by atoms with Gasteiger partial charge in [-0.3, -0.25) is 14.4 Å². The van der Waals surface area contributed by atoms with Crippen LogP contribution < -0.4 is 9.64 Å². The molecule has 154 valence electrons. The molecule has 0 spiro atoms. The molecule has 0 aromatic heterocycles. The van der Waals surface area contributed by atoms with Crippen molar-refractivity contribution in [2.24, 2.45) is 5.92 Å². The van der Waals surface area contributed by atoms with E-state index in [9.17, 15) is 14.4 Å². The van der Waals surface area contributed by atoms with Crippen molar-refractivity contribution in [1.29, 1.82) is 0 Å². The zero-order valence-corrected chi connectivity index (χ0v) is 17.0. The molecule has 1 aliphatic carbocycles. The van der Waals surface area contributed by atoms with Crippen LogP contribution in [0.15, 0.2) is 36.4 Å². The second-order valence-electron chi connectivity index (χ2n) is 8.63. The Hall–Kier alpha value is -2.95. The van der Waals surface area contributed by atoms with E-state index in [-0.39, 0.29) is 17.5 Å². The first kappa shape index (κ1) is 19.0. The number of ketones is 2. The number of hydrogen-bond acceptors (Lipinski definition) is 5. The second-order valence-corrected chi connectivity index (χ2v) is 8.63. The summed E-state index contributed by atoms with van der Waals surface area (Å²) in [7, 11) is 0. The molecule has 1 fully saturated rings. The van der Waals surface area contributed by atoms with Crippen LogP contribution in [0, 0.1) is 5.92 Å². The van der Waals surface area contributed by atoms with Crippen molar-refractivity contribution in [1.82, 2.24) is 0 Å². The SMILES string of the molecule is O=C1Cc2ccc(C(=O)CCC3CCN(c4ccc5c(c4)CCC5=O)CC3)cc2O1. The van der Waals surface area contributed by atoms with Crippen molar-refractivity contribution in [3.05, 3.63) is 58.7 Å². The minimum Gasteiger partial charge on any atom is -0.426 e. The van der Waals surface area contributed by atoms with Gasteiger partial charge < -0.3 is 9.64 Å². The first-order chi connectivity index (χ1) is 14.6. The fourth-order valence-corrected chi connectivity index (χ4v) is 4.88. The molecule has 1 saturated heterocycles. The number of Topliss-reactive ketones (excluding diaryl/α,β-unsaturated/α-hetero) is 2. The van der Waals surface area contributed by atoms with Gasteiger partial charge >= 0.3 is 5.97 Å². The number of nitrogens with zero attached hydrogens (tertiary/aromatic N) is 1. The maximum absolute atomic E-state index is 12.6. The van der Waals surface area contributed by atoms with Crippen LogP contribution >= 0.6 is 0 Å². The topological polar surface area (TPSA) is 63.7 Å². The molecule has 0 radical (unpaired) electrons. The van der Waals surface area contributed by atoms with E-state index >= 15 is 0 Å². The molecule has 0 amide bonds. The first-order valence-corrected chi connectivity index (χ1v) is 10.8. The Balaban J connectivity index is 1.14. The summed E-state index contributed by atoms with van der Waals surface area (Å²) >= 11 is 0. The fourth-order valence-electron chi connectivity index (χ4n) is 4.88. The van der Waals surface area contributed by atoms with Crippen LogP contribution in [0.1, 0.15) is 63.9 Å². The monoisotopic (exact) mass is 403 g/mol. The summed E-state index contributed by atoms with van der Waals surface area (Å²) < 4.78 is 5.16. The highest BCUT2D eigenvalue weighted by molar-refractivity contribution is 6.00. The molecule has 2 aromatic carbocycles. The number of hydrogen-bond donors (Lipinski definition) is 0. The van der Waals surface area contributed by atoms with E-state index in [1.165, 1.54) is 11.3 Å². The standard InChI is InChI=1S/C25H25NO4/c27-22(18-2-3-19-15-25(29)30-24(19)14-18)7-1-16-9-11-26(12-10-16)20-5-6-21-17(13-20)4-8-23(21)28/h2-3,5-6,13-14,16H,1,4,7-12,15H2. The molecule has 0 atom stereocenters. The quantitative estimate of drug-likeness (QED) is 0.426. The van der Waals surface area contributed by atoms with Crippen LogP contribution in [0.2, 0.25) is 0 Å². The van der Waals surface area contributed by atoms with Crippen molar-refractivity contribution in [2.45, 2.75) is 44.9 Å². The van der Waals surface area contributed by atoms with Crippen LogP contribution in [-0.4, -0.2) is 30.6 Å². The molecule has 0 bridgehead atoms. The Morgan fingerprint density at radius 3 is 2.67 bits per heavy atom. The number of carbonyl (C=O) groups excluding carboxylic acids is 3. The zero-order valence-electron chi connectivity index (χ0n) is 17.0. The lowest BCUT2D eigenvalue weighted by molar-refractivity contribution is -0.131. The summed E-state index contributed by atoms with van der Waals surface area (Å²) in [5.41, 5.74) is 4.79. The van der Waals surface area contributed by atoms with E-state index in [0.717, 1.165) is 49.9 Å². The van der Waals surface area contributed by atoms with Crippen LogP contribution in [0.5, 0.6) is 5.75 Å². The van der Waals surface area contributed by atoms with Crippen molar-refractivity contribution in [3.8, 4) is 5.75 Å². The van der Waals surface area contributed by atoms with Crippen LogP contribution in [0.4, 0.5) is 5.69 Å². The molecular weight excluding hydrogens is 378 g/mol. The van der Waals surface area contributed by atoms with Gasteiger partial charge in [0.2, 0.25) is 0 Å². The second kappa shape index (κ2) is 7.71. The number of rotatable bonds is 5. The van der Waals surface area contributed by atoms with Gasteiger partial charge in [-0.05, 0) is 61.4 Å². The lowest BCUT2D eigenvalue weighted by Crippen LogP contribution is -2.33. The Morgan fingerprint density at radius 1 is 1.00 bits per heavy atom. The van der Waals surface area contributed by atoms with Crippen LogP contribution in [-0.2, 0) is 17.6 Å². The molecule has 0 unspecified atom stereocenters. The number of benzene rings is 2. The van der Waals surface area contributed by atoms with Crippen LogP contribution in [0.25, 0.3) is 0 Å². The average Bonchev–Trinajstić information content (AvgIpc) is 3.33. The average molecular weight is 403 g/mol. The molecule has 0 N–H and O–H groups in total. The van der Waals surface area contributed by atoms with Gasteiger partial charge in [0.15, 0.2) is 11.6 Å². The summed E-state index contributed by atoms with van der Waals surface area (Å²) in [5.74, 6) is 1.22. The maximum Gasteiger partial charge on any atom is 0.315 e. The molecule has 0 saturated carbocycles. The molecule has 5 heteroatoms. The molecule has 3 aliphatic rings. The van der Waals surface area contributed by atoms with Crippen molar-refractivity contribution in [2.75, 3.05) is 18.0 Å². The lowest BCUT2D eigenvalue weighted by Gasteiger charge is -2.34. The minimum absolute atomic E-state index is 0.117. The smallest absolute Gasteiger partial charge is 0.315 e. The highest BCUT2D eigenvalue weighted by atomic mass is 16.5. The maximum atomic E-state index is 12.6. The number of aryl methyl sites for hydroxylation is 1. The summed E-state index contributed by atoms with van der Waals surface area (Å²) in [6, 6.07) is 11.6. The molecular formula is C25H25NO4. The van der Waals surface area contributed by atoms with E-state index in [1.807, 2.05) is 18.2 Å². The Kier molecular flexibility index (Phi) is 4.89. The number of ether oxygens (including phenoxy) is 1. The van der Waals surface area contributed by atoms with Gasteiger partial charge in [0.1, 0.15) is 5.75 Å². The lowest BCUT2D eigenvalue weighted by atomic mass is 9.90. The Bertz CT molecular complexity index is 1030. The number of anilines is 1. The third kappa shape index (κ3) is 3.64. The summed E-state index contributed by atoms with van der Waals surface area (Å²) in [4.78, 5) is 38.2. The number of carbonyl (C=O) groups is 3. The van der Waals surface area contributed by atoms with E-state index in [2.05, 4.69) is 17.0 Å². The van der Waals surface area contributed by atoms with Gasteiger partial charge in [0, 0.05) is 48.3 Å². The Labute approximate surface area is 176 Å².